The highest BCUT2D eigenvalue weighted by atomic mass is 32.1. The molecule has 0 aliphatic rings. The minimum atomic E-state index is -0.0519. The van der Waals surface area contributed by atoms with Crippen molar-refractivity contribution in [1.29, 1.82) is 0 Å². The van der Waals surface area contributed by atoms with Gasteiger partial charge in [0.15, 0.2) is 0 Å². The van der Waals surface area contributed by atoms with Crippen LogP contribution in [0.3, 0.4) is 0 Å². The third-order valence-corrected chi connectivity index (χ3v) is 3.22. The lowest BCUT2D eigenvalue weighted by atomic mass is 10.1. The average Bonchev–Trinajstić information content (AvgIpc) is 2.39. The number of rotatable bonds is 3. The summed E-state index contributed by atoms with van der Waals surface area (Å²) >= 11 is 4.13. The monoisotopic (exact) mass is 260 g/mol. The van der Waals surface area contributed by atoms with Crippen molar-refractivity contribution in [3.8, 4) is 5.69 Å². The van der Waals surface area contributed by atoms with Crippen LogP contribution in [0.5, 0.6) is 0 Å². The Labute approximate surface area is 112 Å². The molecule has 0 spiro atoms. The Bertz CT molecular complexity index is 602. The molecule has 1 aromatic heterocycles. The summed E-state index contributed by atoms with van der Waals surface area (Å²) in [7, 11) is 0. The Morgan fingerprint density at radius 3 is 2.50 bits per heavy atom. The second-order valence-corrected chi connectivity index (χ2v) is 4.50. The van der Waals surface area contributed by atoms with Crippen LogP contribution in [0.2, 0.25) is 0 Å². The maximum Gasteiger partial charge on any atom is 0.204 e. The lowest BCUT2D eigenvalue weighted by Gasteiger charge is -2.11. The molecule has 3 nitrogen and oxygen atoms in total. The van der Waals surface area contributed by atoms with Crippen molar-refractivity contribution in [3.05, 3.63) is 57.5 Å². The number of aromatic nitrogens is 2. The third kappa shape index (κ3) is 2.48. The Hall–Kier alpha value is -1.55. The summed E-state index contributed by atoms with van der Waals surface area (Å²) in [4.78, 5) is 11.6. The number of aryl methyl sites for hydroxylation is 2. The lowest BCUT2D eigenvalue weighted by molar-refractivity contribution is 0.773. The van der Waals surface area contributed by atoms with Gasteiger partial charge in [-0.05, 0) is 31.0 Å². The topological polar surface area (TPSA) is 34.9 Å². The maximum atomic E-state index is 11.6. The molecular formula is C14H16N2OS. The molecule has 1 heterocycles. The Morgan fingerprint density at radius 1 is 1.28 bits per heavy atom. The molecule has 0 aliphatic carbocycles. The van der Waals surface area contributed by atoms with E-state index in [4.69, 9.17) is 0 Å². The summed E-state index contributed by atoms with van der Waals surface area (Å²) in [6, 6.07) is 9.80. The zero-order valence-corrected chi connectivity index (χ0v) is 11.4. The molecule has 0 amide bonds. The first kappa shape index (κ1) is 12.9. The predicted molar refractivity (Wildman–Crippen MR) is 76.6 cm³/mol. The average molecular weight is 260 g/mol. The first-order valence-corrected chi connectivity index (χ1v) is 6.59. The third-order valence-electron chi connectivity index (χ3n) is 2.92. The van der Waals surface area contributed by atoms with Crippen LogP contribution in [0.1, 0.15) is 23.9 Å². The lowest BCUT2D eigenvalue weighted by Crippen LogP contribution is -2.17. The molecule has 0 N–H and O–H groups in total. The zero-order chi connectivity index (χ0) is 13.1. The molecule has 0 fully saturated rings. The summed E-state index contributed by atoms with van der Waals surface area (Å²) in [6.45, 7) is 4.00. The van der Waals surface area contributed by atoms with Gasteiger partial charge in [0.2, 0.25) is 5.43 Å². The van der Waals surface area contributed by atoms with Crippen LogP contribution in [-0.2, 0) is 12.2 Å². The van der Waals surface area contributed by atoms with E-state index in [9.17, 15) is 4.79 Å². The zero-order valence-electron chi connectivity index (χ0n) is 10.6. The second-order valence-electron chi connectivity index (χ2n) is 4.19. The fourth-order valence-electron chi connectivity index (χ4n) is 1.83. The standard InChI is InChI=1S/C14H16N2OS/c1-3-11-4-6-12(7-5-11)16-10(2)8-14(17)13(9-18)15-16/h4-8,18H,3,9H2,1-2H3. The molecule has 0 saturated carbocycles. The van der Waals surface area contributed by atoms with Gasteiger partial charge in [0.05, 0.1) is 5.69 Å². The van der Waals surface area contributed by atoms with Gasteiger partial charge in [-0.25, -0.2) is 4.68 Å². The van der Waals surface area contributed by atoms with E-state index in [-0.39, 0.29) is 5.43 Å². The fourth-order valence-corrected chi connectivity index (χ4v) is 2.05. The van der Waals surface area contributed by atoms with E-state index in [1.165, 1.54) is 5.56 Å². The van der Waals surface area contributed by atoms with Gasteiger partial charge in [-0.15, -0.1) is 0 Å². The number of hydrogen-bond acceptors (Lipinski definition) is 3. The molecule has 1 aromatic carbocycles. The summed E-state index contributed by atoms with van der Waals surface area (Å²) in [5.74, 6) is 0.353. The van der Waals surface area contributed by atoms with Crippen LogP contribution < -0.4 is 5.43 Å². The number of hydrogen-bond donors (Lipinski definition) is 1. The van der Waals surface area contributed by atoms with E-state index < -0.39 is 0 Å². The molecule has 94 valence electrons. The first-order chi connectivity index (χ1) is 8.65. The van der Waals surface area contributed by atoms with Gasteiger partial charge in [0.25, 0.3) is 0 Å². The van der Waals surface area contributed by atoms with E-state index in [1.54, 1.807) is 10.7 Å². The minimum Gasteiger partial charge on any atom is -0.288 e. The van der Waals surface area contributed by atoms with E-state index in [1.807, 2.05) is 19.1 Å². The van der Waals surface area contributed by atoms with Crippen LogP contribution in [0.15, 0.2) is 35.1 Å². The molecule has 4 heteroatoms. The summed E-state index contributed by atoms with van der Waals surface area (Å²) in [6.07, 6.45) is 1.01. The molecule has 0 bridgehead atoms. The van der Waals surface area contributed by atoms with Gasteiger partial charge in [-0.1, -0.05) is 19.1 Å². The van der Waals surface area contributed by atoms with Crippen molar-refractivity contribution in [2.75, 3.05) is 0 Å². The van der Waals surface area contributed by atoms with E-state index >= 15 is 0 Å². The fraction of sp³-hybridized carbons (Fsp3) is 0.286. The molecular weight excluding hydrogens is 244 g/mol. The van der Waals surface area contributed by atoms with Crippen LogP contribution in [0, 0.1) is 6.92 Å². The maximum absolute atomic E-state index is 11.6. The number of nitrogens with zero attached hydrogens (tertiary/aromatic N) is 2. The molecule has 0 radical (unpaired) electrons. The van der Waals surface area contributed by atoms with Crippen molar-refractivity contribution in [1.82, 2.24) is 9.78 Å². The van der Waals surface area contributed by atoms with Gasteiger partial charge in [-0.3, -0.25) is 4.79 Å². The Balaban J connectivity index is 2.52. The summed E-state index contributed by atoms with van der Waals surface area (Å²) < 4.78 is 1.78. The van der Waals surface area contributed by atoms with Crippen molar-refractivity contribution >= 4 is 12.6 Å². The predicted octanol–water partition coefficient (Wildman–Crippen LogP) is 2.53. The van der Waals surface area contributed by atoms with Crippen LogP contribution in [-0.4, -0.2) is 9.78 Å². The highest BCUT2D eigenvalue weighted by Crippen LogP contribution is 2.11. The van der Waals surface area contributed by atoms with Crippen molar-refractivity contribution < 1.29 is 0 Å². The summed E-state index contributed by atoms with van der Waals surface area (Å²) in [5, 5.41) is 4.34. The molecule has 2 rings (SSSR count). The SMILES string of the molecule is CCc1ccc(-n2nc(CS)c(=O)cc2C)cc1. The highest BCUT2D eigenvalue weighted by Gasteiger charge is 2.06. The second kappa shape index (κ2) is 5.40. The molecule has 0 saturated heterocycles. The largest absolute Gasteiger partial charge is 0.288 e. The highest BCUT2D eigenvalue weighted by molar-refractivity contribution is 7.79. The van der Waals surface area contributed by atoms with Crippen LogP contribution >= 0.6 is 12.6 Å². The van der Waals surface area contributed by atoms with Crippen molar-refractivity contribution in [3.63, 3.8) is 0 Å². The minimum absolute atomic E-state index is 0.0519. The van der Waals surface area contributed by atoms with Crippen LogP contribution in [0.4, 0.5) is 0 Å². The number of thiol groups is 1. The summed E-state index contributed by atoms with van der Waals surface area (Å²) in [5.41, 5.74) is 3.50. The molecule has 2 aromatic rings. The molecule has 0 unspecified atom stereocenters. The van der Waals surface area contributed by atoms with Gasteiger partial charge < -0.3 is 0 Å². The normalized spacial score (nSPS) is 10.6. The molecule has 0 atom stereocenters. The smallest absolute Gasteiger partial charge is 0.204 e. The van der Waals surface area contributed by atoms with Gasteiger partial charge >= 0.3 is 0 Å². The van der Waals surface area contributed by atoms with Crippen LogP contribution in [0.25, 0.3) is 5.69 Å². The first-order valence-electron chi connectivity index (χ1n) is 5.95. The van der Waals surface area contributed by atoms with Gasteiger partial charge in [0.1, 0.15) is 5.69 Å². The van der Waals surface area contributed by atoms with E-state index in [0.717, 1.165) is 17.8 Å². The molecule has 0 aliphatic heterocycles. The van der Waals surface area contributed by atoms with Crippen molar-refractivity contribution in [2.24, 2.45) is 0 Å². The van der Waals surface area contributed by atoms with Crippen molar-refractivity contribution in [2.45, 2.75) is 26.0 Å². The van der Waals surface area contributed by atoms with Gasteiger partial charge in [-0.2, -0.15) is 17.7 Å². The Morgan fingerprint density at radius 2 is 1.94 bits per heavy atom. The number of benzene rings is 1. The molecule has 18 heavy (non-hydrogen) atoms. The Kier molecular flexibility index (Phi) is 3.87. The van der Waals surface area contributed by atoms with Gasteiger partial charge in [0, 0.05) is 17.5 Å². The van der Waals surface area contributed by atoms with E-state index in [0.29, 0.717) is 11.4 Å². The van der Waals surface area contributed by atoms with E-state index in [2.05, 4.69) is 36.8 Å². The quantitative estimate of drug-likeness (QED) is 0.861.